The lowest BCUT2D eigenvalue weighted by Crippen LogP contribution is -2.19. The van der Waals surface area contributed by atoms with Crippen LogP contribution in [0.25, 0.3) is 0 Å². The number of aryl methyl sites for hydroxylation is 2. The zero-order valence-electron chi connectivity index (χ0n) is 10.9. The van der Waals surface area contributed by atoms with E-state index in [1.54, 1.807) is 18.2 Å². The minimum absolute atomic E-state index is 0.0393. The maximum Gasteiger partial charge on any atom is 0.264 e. The van der Waals surface area contributed by atoms with Gasteiger partial charge in [-0.15, -0.1) is 11.3 Å². The first-order valence-corrected chi connectivity index (χ1v) is 8.38. The normalized spacial score (nSPS) is 11.3. The number of thiazole rings is 1. The monoisotopic (exact) mass is 327 g/mol. The highest BCUT2D eigenvalue weighted by atomic mass is 32.2. The van der Waals surface area contributed by atoms with E-state index in [2.05, 4.69) is 9.71 Å². The molecule has 0 spiro atoms. The summed E-state index contributed by atoms with van der Waals surface area (Å²) in [5.74, 6) is 0. The molecule has 106 valence electrons. The molecule has 1 heterocycles. The van der Waals surface area contributed by atoms with Gasteiger partial charge >= 0.3 is 0 Å². The zero-order valence-corrected chi connectivity index (χ0v) is 13.3. The van der Waals surface area contributed by atoms with Crippen molar-refractivity contribution in [3.05, 3.63) is 40.4 Å². The van der Waals surface area contributed by atoms with Gasteiger partial charge in [0.15, 0.2) is 5.13 Å². The third-order valence-corrected chi connectivity index (χ3v) is 5.43. The van der Waals surface area contributed by atoms with Gasteiger partial charge < -0.3 is 5.73 Å². The molecule has 8 heteroatoms. The molecule has 0 saturated heterocycles. The summed E-state index contributed by atoms with van der Waals surface area (Å²) in [6.07, 6.45) is 0. The van der Waals surface area contributed by atoms with Gasteiger partial charge in [-0.1, -0.05) is 30.4 Å². The minimum Gasteiger partial charge on any atom is -0.389 e. The second-order valence-corrected chi connectivity index (χ2v) is 7.42. The Hall–Kier alpha value is -1.51. The number of thiocarbonyl (C=S) groups is 1. The minimum atomic E-state index is -3.76. The molecule has 0 aliphatic rings. The van der Waals surface area contributed by atoms with Crippen LogP contribution < -0.4 is 10.5 Å². The van der Waals surface area contributed by atoms with Gasteiger partial charge in [0.1, 0.15) is 4.99 Å². The number of nitrogens with two attached hydrogens (primary N) is 1. The maximum absolute atomic E-state index is 12.4. The quantitative estimate of drug-likeness (QED) is 0.841. The van der Waals surface area contributed by atoms with E-state index in [9.17, 15) is 8.42 Å². The smallest absolute Gasteiger partial charge is 0.264 e. The Morgan fingerprint density at radius 1 is 1.35 bits per heavy atom. The van der Waals surface area contributed by atoms with Gasteiger partial charge in [-0.05, 0) is 19.9 Å². The first kappa shape index (κ1) is 14.9. The lowest BCUT2D eigenvalue weighted by Gasteiger charge is -2.09. The summed E-state index contributed by atoms with van der Waals surface area (Å²) in [5.41, 5.74) is 6.68. The van der Waals surface area contributed by atoms with Crippen LogP contribution in [0.15, 0.2) is 29.2 Å². The SMILES string of the molecule is Cc1nc(NS(=O)(=O)c2ccccc2C(N)=S)sc1C. The summed E-state index contributed by atoms with van der Waals surface area (Å²) in [6, 6.07) is 6.35. The molecule has 0 amide bonds. The van der Waals surface area contributed by atoms with E-state index < -0.39 is 10.0 Å². The van der Waals surface area contributed by atoms with Gasteiger partial charge in [0.25, 0.3) is 10.0 Å². The Morgan fingerprint density at radius 3 is 2.55 bits per heavy atom. The van der Waals surface area contributed by atoms with Crippen LogP contribution in [0.3, 0.4) is 0 Å². The summed E-state index contributed by atoms with van der Waals surface area (Å²) in [5, 5.41) is 0.331. The van der Waals surface area contributed by atoms with E-state index >= 15 is 0 Å². The van der Waals surface area contributed by atoms with Crippen LogP contribution >= 0.6 is 23.6 Å². The molecule has 0 fully saturated rings. The largest absolute Gasteiger partial charge is 0.389 e. The van der Waals surface area contributed by atoms with Crippen molar-refractivity contribution in [2.24, 2.45) is 5.73 Å². The standard InChI is InChI=1S/C12H13N3O2S3/c1-7-8(2)19-12(14-7)15-20(16,17)10-6-4-3-5-9(10)11(13)18/h3-6H,1-2H3,(H2,13,18)(H,14,15). The molecular formula is C12H13N3O2S3. The Balaban J connectivity index is 2.43. The molecule has 0 unspecified atom stereocenters. The maximum atomic E-state index is 12.4. The number of nitrogens with zero attached hydrogens (tertiary/aromatic N) is 1. The first-order chi connectivity index (χ1) is 9.31. The third-order valence-electron chi connectivity index (χ3n) is 2.69. The highest BCUT2D eigenvalue weighted by molar-refractivity contribution is 7.93. The lowest BCUT2D eigenvalue weighted by atomic mass is 10.2. The zero-order chi connectivity index (χ0) is 14.9. The van der Waals surface area contributed by atoms with Gasteiger partial charge in [0.05, 0.1) is 10.6 Å². The second-order valence-electron chi connectivity index (χ2n) is 4.13. The van der Waals surface area contributed by atoms with Crippen molar-refractivity contribution >= 4 is 43.7 Å². The molecule has 0 aliphatic carbocycles. The summed E-state index contributed by atoms with van der Waals surface area (Å²) in [6.45, 7) is 3.71. The average molecular weight is 327 g/mol. The molecule has 0 saturated carbocycles. The van der Waals surface area contributed by atoms with Crippen LogP contribution in [0.1, 0.15) is 16.1 Å². The van der Waals surface area contributed by atoms with Crippen LogP contribution in [0.5, 0.6) is 0 Å². The first-order valence-electron chi connectivity index (χ1n) is 5.67. The average Bonchev–Trinajstić information content (AvgIpc) is 2.67. The van der Waals surface area contributed by atoms with Crippen molar-refractivity contribution < 1.29 is 8.42 Å². The molecule has 20 heavy (non-hydrogen) atoms. The number of anilines is 1. The molecule has 0 bridgehead atoms. The van der Waals surface area contributed by atoms with Crippen LogP contribution in [0, 0.1) is 13.8 Å². The second kappa shape index (κ2) is 5.47. The molecule has 0 aliphatic heterocycles. The fourth-order valence-corrected chi connectivity index (χ4v) is 4.11. The van der Waals surface area contributed by atoms with E-state index in [0.29, 0.717) is 10.7 Å². The molecule has 1 aromatic carbocycles. The predicted octanol–water partition coefficient (Wildman–Crippen LogP) is 2.19. The van der Waals surface area contributed by atoms with Crippen molar-refractivity contribution in [3.8, 4) is 0 Å². The fourth-order valence-electron chi connectivity index (χ4n) is 1.59. The van der Waals surface area contributed by atoms with Gasteiger partial charge in [-0.2, -0.15) is 0 Å². The molecule has 2 aromatic rings. The van der Waals surface area contributed by atoms with E-state index in [1.807, 2.05) is 13.8 Å². The van der Waals surface area contributed by atoms with Crippen LogP contribution in [-0.4, -0.2) is 18.4 Å². The molecule has 0 radical (unpaired) electrons. The van der Waals surface area contributed by atoms with Crippen molar-refractivity contribution in [1.29, 1.82) is 0 Å². The summed E-state index contributed by atoms with van der Waals surface area (Å²) in [4.78, 5) is 5.22. The number of sulfonamides is 1. The number of rotatable bonds is 4. The van der Waals surface area contributed by atoms with Crippen molar-refractivity contribution in [3.63, 3.8) is 0 Å². The lowest BCUT2D eigenvalue weighted by molar-refractivity contribution is 0.601. The molecule has 1 aromatic heterocycles. The van der Waals surface area contributed by atoms with E-state index in [1.165, 1.54) is 17.4 Å². The fraction of sp³-hybridized carbons (Fsp3) is 0.167. The van der Waals surface area contributed by atoms with E-state index in [0.717, 1.165) is 10.6 Å². The highest BCUT2D eigenvalue weighted by Gasteiger charge is 2.21. The van der Waals surface area contributed by atoms with Gasteiger partial charge in [0, 0.05) is 10.4 Å². The highest BCUT2D eigenvalue weighted by Crippen LogP contribution is 2.25. The molecule has 3 N–H and O–H groups in total. The third kappa shape index (κ3) is 2.97. The van der Waals surface area contributed by atoms with Crippen LogP contribution in [0.2, 0.25) is 0 Å². The van der Waals surface area contributed by atoms with Crippen LogP contribution in [-0.2, 0) is 10.0 Å². The topological polar surface area (TPSA) is 85.1 Å². The summed E-state index contributed by atoms with van der Waals surface area (Å²) < 4.78 is 27.2. The van der Waals surface area contributed by atoms with Gasteiger partial charge in [-0.25, -0.2) is 13.4 Å². The van der Waals surface area contributed by atoms with Gasteiger partial charge in [-0.3, -0.25) is 4.72 Å². The van der Waals surface area contributed by atoms with E-state index in [-0.39, 0.29) is 9.88 Å². The number of benzene rings is 1. The molecular weight excluding hydrogens is 314 g/mol. The Labute approximate surface area is 126 Å². The van der Waals surface area contributed by atoms with Crippen molar-refractivity contribution in [1.82, 2.24) is 4.98 Å². The van der Waals surface area contributed by atoms with E-state index in [4.69, 9.17) is 18.0 Å². The van der Waals surface area contributed by atoms with Gasteiger partial charge in [0.2, 0.25) is 0 Å². The predicted molar refractivity (Wildman–Crippen MR) is 84.7 cm³/mol. The van der Waals surface area contributed by atoms with Crippen molar-refractivity contribution in [2.45, 2.75) is 18.7 Å². The number of hydrogen-bond donors (Lipinski definition) is 2. The molecule has 5 nitrogen and oxygen atoms in total. The number of hydrogen-bond acceptors (Lipinski definition) is 5. The Bertz CT molecular complexity index is 747. The summed E-state index contributed by atoms with van der Waals surface area (Å²) >= 11 is 6.17. The molecule has 2 rings (SSSR count). The Kier molecular flexibility index (Phi) is 4.07. The van der Waals surface area contributed by atoms with Crippen LogP contribution in [0.4, 0.5) is 5.13 Å². The van der Waals surface area contributed by atoms with Crippen molar-refractivity contribution in [2.75, 3.05) is 4.72 Å². The molecule has 0 atom stereocenters. The number of nitrogens with one attached hydrogen (secondary N) is 1. The number of aromatic nitrogens is 1. The Morgan fingerprint density at radius 2 is 2.00 bits per heavy atom. The summed E-state index contributed by atoms with van der Waals surface area (Å²) in [7, 11) is -3.76.